The maximum absolute atomic E-state index is 13.2. The Morgan fingerprint density at radius 3 is 2.79 bits per heavy atom. The number of nitrogens with zero attached hydrogens (tertiary/aromatic N) is 1. The fourth-order valence-electron chi connectivity index (χ4n) is 2.19. The summed E-state index contributed by atoms with van der Waals surface area (Å²) in [6.07, 6.45) is 1.09. The molecule has 0 aromatic heterocycles. The number of sulfonamides is 1. The highest BCUT2D eigenvalue weighted by Crippen LogP contribution is 2.29. The van der Waals surface area contributed by atoms with E-state index >= 15 is 0 Å². The highest BCUT2D eigenvalue weighted by molar-refractivity contribution is 7.89. The van der Waals surface area contributed by atoms with Gasteiger partial charge in [-0.2, -0.15) is 4.31 Å². The number of aliphatic hydroxyl groups is 1. The fraction of sp³-hybridized carbons (Fsp3) is 0.500. The van der Waals surface area contributed by atoms with Gasteiger partial charge in [0.1, 0.15) is 10.7 Å². The molecule has 19 heavy (non-hydrogen) atoms. The second-order valence-electron chi connectivity index (χ2n) is 5.01. The summed E-state index contributed by atoms with van der Waals surface area (Å²) in [5.41, 5.74) is -1.06. The zero-order chi connectivity index (χ0) is 14.3. The van der Waals surface area contributed by atoms with Crippen molar-refractivity contribution < 1.29 is 17.9 Å². The van der Waals surface area contributed by atoms with Gasteiger partial charge in [0.15, 0.2) is 0 Å². The molecule has 0 aliphatic carbocycles. The molecule has 1 atom stereocenters. The number of hydrogen-bond donors (Lipinski definition) is 1. The highest BCUT2D eigenvalue weighted by atomic mass is 35.5. The Hall–Kier alpha value is -0.690. The number of hydrogen-bond acceptors (Lipinski definition) is 3. The molecular weight excluding hydrogens is 293 g/mol. The predicted molar refractivity (Wildman–Crippen MR) is 70.0 cm³/mol. The summed E-state index contributed by atoms with van der Waals surface area (Å²) >= 11 is 5.84. The van der Waals surface area contributed by atoms with Crippen LogP contribution in [-0.2, 0) is 10.0 Å². The van der Waals surface area contributed by atoms with E-state index in [1.54, 1.807) is 6.92 Å². The molecule has 1 heterocycles. The highest BCUT2D eigenvalue weighted by Gasteiger charge is 2.36. The summed E-state index contributed by atoms with van der Waals surface area (Å²) < 4.78 is 39.2. The van der Waals surface area contributed by atoms with Crippen LogP contribution in [-0.4, -0.2) is 36.5 Å². The van der Waals surface area contributed by atoms with E-state index in [1.807, 2.05) is 0 Å². The molecule has 0 radical (unpaired) electrons. The quantitative estimate of drug-likeness (QED) is 0.909. The van der Waals surface area contributed by atoms with Gasteiger partial charge < -0.3 is 5.11 Å². The number of piperidine rings is 1. The first-order chi connectivity index (χ1) is 8.72. The van der Waals surface area contributed by atoms with Gasteiger partial charge in [-0.3, -0.25) is 0 Å². The zero-order valence-corrected chi connectivity index (χ0v) is 12.0. The molecule has 1 unspecified atom stereocenters. The molecule has 7 heteroatoms. The third kappa shape index (κ3) is 3.08. The number of benzene rings is 1. The van der Waals surface area contributed by atoms with Gasteiger partial charge in [0, 0.05) is 13.1 Å². The van der Waals surface area contributed by atoms with Crippen LogP contribution in [0.2, 0.25) is 5.02 Å². The zero-order valence-electron chi connectivity index (χ0n) is 10.4. The van der Waals surface area contributed by atoms with Gasteiger partial charge in [0.2, 0.25) is 10.0 Å². The van der Waals surface area contributed by atoms with Crippen LogP contribution in [0.3, 0.4) is 0 Å². The second kappa shape index (κ2) is 5.01. The van der Waals surface area contributed by atoms with Crippen molar-refractivity contribution >= 4 is 21.6 Å². The van der Waals surface area contributed by atoms with Gasteiger partial charge in [-0.25, -0.2) is 12.8 Å². The number of halogens is 2. The van der Waals surface area contributed by atoms with E-state index in [4.69, 9.17) is 11.6 Å². The minimum absolute atomic E-state index is 0.0117. The van der Waals surface area contributed by atoms with Gasteiger partial charge in [0.05, 0.1) is 10.6 Å². The van der Waals surface area contributed by atoms with Crippen molar-refractivity contribution in [1.29, 1.82) is 0 Å². The second-order valence-corrected chi connectivity index (χ2v) is 7.33. The summed E-state index contributed by atoms with van der Waals surface area (Å²) in [5.74, 6) is -0.660. The first-order valence-corrected chi connectivity index (χ1v) is 7.72. The summed E-state index contributed by atoms with van der Waals surface area (Å²) in [7, 11) is -3.88. The largest absolute Gasteiger partial charge is 0.389 e. The topological polar surface area (TPSA) is 57.6 Å². The van der Waals surface area contributed by atoms with E-state index < -0.39 is 21.4 Å². The molecule has 1 fully saturated rings. The van der Waals surface area contributed by atoms with Crippen LogP contribution in [0.5, 0.6) is 0 Å². The van der Waals surface area contributed by atoms with Gasteiger partial charge in [-0.15, -0.1) is 0 Å². The maximum Gasteiger partial charge on any atom is 0.244 e. The maximum atomic E-state index is 13.2. The molecule has 1 aliphatic heterocycles. The van der Waals surface area contributed by atoms with Gasteiger partial charge >= 0.3 is 0 Å². The lowest BCUT2D eigenvalue weighted by molar-refractivity contribution is 0.00940. The third-order valence-electron chi connectivity index (χ3n) is 3.15. The lowest BCUT2D eigenvalue weighted by Crippen LogP contribution is -2.48. The molecule has 1 aliphatic rings. The van der Waals surface area contributed by atoms with Crippen LogP contribution in [0, 0.1) is 5.82 Å². The van der Waals surface area contributed by atoms with Crippen molar-refractivity contribution in [3.05, 3.63) is 29.0 Å². The SMILES string of the molecule is CC1(O)CCCN(S(=O)(=O)c2cc(F)ccc2Cl)C1. The molecule has 1 aromatic carbocycles. The van der Waals surface area contributed by atoms with E-state index in [9.17, 15) is 17.9 Å². The Labute approximate surface area is 116 Å². The number of β-amino-alcohol motifs (C(OH)–C–C–N with tert-alkyl or cyclic N) is 1. The van der Waals surface area contributed by atoms with E-state index in [0.717, 1.165) is 16.4 Å². The average Bonchev–Trinajstić information content (AvgIpc) is 2.31. The molecule has 1 saturated heterocycles. The summed E-state index contributed by atoms with van der Waals surface area (Å²) in [5, 5.41) is 9.94. The van der Waals surface area contributed by atoms with E-state index in [1.165, 1.54) is 6.07 Å². The number of rotatable bonds is 2. The van der Waals surface area contributed by atoms with Gasteiger partial charge in [0.25, 0.3) is 0 Å². The Morgan fingerprint density at radius 2 is 2.16 bits per heavy atom. The van der Waals surface area contributed by atoms with Crippen LogP contribution in [0.1, 0.15) is 19.8 Å². The summed E-state index contributed by atoms with van der Waals surface area (Å²) in [4.78, 5) is -0.258. The lowest BCUT2D eigenvalue weighted by Gasteiger charge is -2.36. The van der Waals surface area contributed by atoms with Crippen LogP contribution >= 0.6 is 11.6 Å². The van der Waals surface area contributed by atoms with E-state index in [0.29, 0.717) is 19.4 Å². The molecule has 1 N–H and O–H groups in total. The molecule has 1 aromatic rings. The van der Waals surface area contributed by atoms with Crippen LogP contribution in [0.4, 0.5) is 4.39 Å². The minimum Gasteiger partial charge on any atom is -0.389 e. The van der Waals surface area contributed by atoms with E-state index in [-0.39, 0.29) is 16.5 Å². The fourth-order valence-corrected chi connectivity index (χ4v) is 4.28. The lowest BCUT2D eigenvalue weighted by atomic mass is 9.97. The van der Waals surface area contributed by atoms with Crippen molar-refractivity contribution in [2.24, 2.45) is 0 Å². The molecular formula is C12H15ClFNO3S. The van der Waals surface area contributed by atoms with Crippen LogP contribution < -0.4 is 0 Å². The Morgan fingerprint density at radius 1 is 1.47 bits per heavy atom. The normalized spacial score (nSPS) is 25.5. The molecule has 4 nitrogen and oxygen atoms in total. The molecule has 0 spiro atoms. The standard InChI is InChI=1S/C12H15ClFNO3S/c1-12(16)5-2-6-15(8-12)19(17,18)11-7-9(14)3-4-10(11)13/h3-4,7,16H,2,5-6,8H2,1H3. The van der Waals surface area contributed by atoms with Gasteiger partial charge in [-0.05, 0) is 38.0 Å². The van der Waals surface area contributed by atoms with Gasteiger partial charge in [-0.1, -0.05) is 11.6 Å². The van der Waals surface area contributed by atoms with Crippen molar-refractivity contribution in [3.8, 4) is 0 Å². The minimum atomic E-state index is -3.88. The predicted octanol–water partition coefficient (Wildman–Crippen LogP) is 2.01. The van der Waals surface area contributed by atoms with Crippen molar-refractivity contribution in [3.63, 3.8) is 0 Å². The summed E-state index contributed by atoms with van der Waals surface area (Å²) in [6, 6.07) is 3.22. The van der Waals surface area contributed by atoms with Crippen molar-refractivity contribution in [2.45, 2.75) is 30.3 Å². The monoisotopic (exact) mass is 307 g/mol. The molecule has 0 saturated carbocycles. The first-order valence-electron chi connectivity index (χ1n) is 5.90. The van der Waals surface area contributed by atoms with Crippen molar-refractivity contribution in [2.75, 3.05) is 13.1 Å². The first kappa shape index (κ1) is 14.7. The summed E-state index contributed by atoms with van der Waals surface area (Å²) in [6.45, 7) is 1.87. The molecule has 2 rings (SSSR count). The molecule has 106 valence electrons. The Balaban J connectivity index is 2.39. The van der Waals surface area contributed by atoms with Crippen molar-refractivity contribution in [1.82, 2.24) is 4.31 Å². The Bertz CT molecular complexity index is 589. The van der Waals surface area contributed by atoms with E-state index in [2.05, 4.69) is 0 Å². The molecule has 0 amide bonds. The average molecular weight is 308 g/mol. The van der Waals surface area contributed by atoms with Crippen LogP contribution in [0.15, 0.2) is 23.1 Å². The third-order valence-corrected chi connectivity index (χ3v) is 5.48. The smallest absolute Gasteiger partial charge is 0.244 e. The van der Waals surface area contributed by atoms with Crippen LogP contribution in [0.25, 0.3) is 0 Å². The Kier molecular flexibility index (Phi) is 3.88. The molecule has 0 bridgehead atoms.